The number of nitrogens with one attached hydrogen (secondary N) is 1. The van der Waals surface area contributed by atoms with Crippen LogP contribution in [0.2, 0.25) is 0 Å². The van der Waals surface area contributed by atoms with E-state index >= 15 is 0 Å². The molecular weight excluding hydrogens is 294 g/mol. The molecular formula is C16H23N5O2. The standard InChI is InChI=1S/C16H23N5O2/c1-11-6-7-14(23-11)12(2)18-16(22)21-8-4-5-13(9-21)15-19-17-10-20(15)3/h6-7,10,12-13H,4-5,8-9H2,1-3H3,(H,18,22)/t12-,13+/m0/s1. The van der Waals surface area contributed by atoms with Gasteiger partial charge in [0.2, 0.25) is 0 Å². The number of hydrogen-bond acceptors (Lipinski definition) is 4. The van der Waals surface area contributed by atoms with E-state index in [0.717, 1.165) is 36.7 Å². The van der Waals surface area contributed by atoms with Gasteiger partial charge in [-0.05, 0) is 38.8 Å². The summed E-state index contributed by atoms with van der Waals surface area (Å²) in [7, 11) is 1.94. The van der Waals surface area contributed by atoms with Crippen molar-refractivity contribution in [3.05, 3.63) is 35.8 Å². The molecule has 23 heavy (non-hydrogen) atoms. The molecule has 0 aromatic carbocycles. The van der Waals surface area contributed by atoms with Crippen molar-refractivity contribution >= 4 is 6.03 Å². The van der Waals surface area contributed by atoms with Crippen LogP contribution in [-0.4, -0.2) is 38.8 Å². The number of carbonyl (C=O) groups is 1. The highest BCUT2D eigenvalue weighted by Crippen LogP contribution is 2.25. The number of carbonyl (C=O) groups excluding carboxylic acids is 1. The summed E-state index contributed by atoms with van der Waals surface area (Å²) in [5, 5.41) is 11.1. The van der Waals surface area contributed by atoms with Gasteiger partial charge < -0.3 is 19.2 Å². The quantitative estimate of drug-likeness (QED) is 0.943. The minimum atomic E-state index is -0.147. The van der Waals surface area contributed by atoms with Crippen molar-refractivity contribution in [1.82, 2.24) is 25.0 Å². The highest BCUT2D eigenvalue weighted by Gasteiger charge is 2.28. The van der Waals surface area contributed by atoms with Crippen molar-refractivity contribution in [2.24, 2.45) is 7.05 Å². The molecule has 0 aliphatic carbocycles. The first-order valence-electron chi connectivity index (χ1n) is 8.00. The van der Waals surface area contributed by atoms with Crippen LogP contribution in [0.1, 0.15) is 49.1 Å². The lowest BCUT2D eigenvalue weighted by Gasteiger charge is -2.32. The Labute approximate surface area is 135 Å². The van der Waals surface area contributed by atoms with Gasteiger partial charge in [0.25, 0.3) is 0 Å². The Morgan fingerprint density at radius 3 is 2.96 bits per heavy atom. The van der Waals surface area contributed by atoms with Crippen LogP contribution in [0.5, 0.6) is 0 Å². The lowest BCUT2D eigenvalue weighted by Crippen LogP contribution is -2.45. The maximum Gasteiger partial charge on any atom is 0.317 e. The van der Waals surface area contributed by atoms with Crippen molar-refractivity contribution in [3.8, 4) is 0 Å². The molecule has 2 atom stereocenters. The van der Waals surface area contributed by atoms with Crippen LogP contribution in [0.15, 0.2) is 22.9 Å². The number of likely N-dealkylation sites (tertiary alicyclic amines) is 1. The van der Waals surface area contributed by atoms with Gasteiger partial charge >= 0.3 is 6.03 Å². The van der Waals surface area contributed by atoms with Gasteiger partial charge in [-0.1, -0.05) is 0 Å². The molecule has 0 unspecified atom stereocenters. The Morgan fingerprint density at radius 2 is 2.30 bits per heavy atom. The van der Waals surface area contributed by atoms with E-state index in [2.05, 4.69) is 15.5 Å². The van der Waals surface area contributed by atoms with Gasteiger partial charge in [0, 0.05) is 26.1 Å². The minimum Gasteiger partial charge on any atom is -0.464 e. The number of piperidine rings is 1. The van der Waals surface area contributed by atoms with E-state index in [1.165, 1.54) is 0 Å². The summed E-state index contributed by atoms with van der Waals surface area (Å²) in [4.78, 5) is 14.4. The van der Waals surface area contributed by atoms with Crippen LogP contribution in [-0.2, 0) is 7.05 Å². The number of aromatic nitrogens is 3. The van der Waals surface area contributed by atoms with Gasteiger partial charge in [-0.25, -0.2) is 4.79 Å². The first kappa shape index (κ1) is 15.6. The first-order valence-corrected chi connectivity index (χ1v) is 8.00. The average molecular weight is 317 g/mol. The molecule has 7 nitrogen and oxygen atoms in total. The van der Waals surface area contributed by atoms with Crippen LogP contribution < -0.4 is 5.32 Å². The summed E-state index contributed by atoms with van der Waals surface area (Å²) in [6.45, 7) is 5.26. The zero-order valence-electron chi connectivity index (χ0n) is 13.8. The monoisotopic (exact) mass is 317 g/mol. The molecule has 7 heteroatoms. The SMILES string of the molecule is Cc1ccc([C@H](C)NC(=O)N2CCC[C@@H](c3nncn3C)C2)o1. The molecule has 0 saturated carbocycles. The molecule has 1 aliphatic rings. The fourth-order valence-electron chi connectivity index (χ4n) is 3.07. The summed E-state index contributed by atoms with van der Waals surface area (Å²) in [5.74, 6) is 2.81. The van der Waals surface area contributed by atoms with Gasteiger partial charge in [-0.3, -0.25) is 0 Å². The number of furan rings is 1. The van der Waals surface area contributed by atoms with Gasteiger partial charge in [0.15, 0.2) is 0 Å². The van der Waals surface area contributed by atoms with E-state index < -0.39 is 0 Å². The molecule has 2 amide bonds. The maximum absolute atomic E-state index is 12.5. The average Bonchev–Trinajstić information content (AvgIpc) is 3.16. The van der Waals surface area contributed by atoms with Crippen molar-refractivity contribution in [1.29, 1.82) is 0 Å². The predicted molar refractivity (Wildman–Crippen MR) is 84.9 cm³/mol. The Balaban J connectivity index is 1.62. The number of rotatable bonds is 3. The van der Waals surface area contributed by atoms with E-state index in [4.69, 9.17) is 4.42 Å². The van der Waals surface area contributed by atoms with Crippen molar-refractivity contribution in [3.63, 3.8) is 0 Å². The molecule has 0 bridgehead atoms. The fourth-order valence-corrected chi connectivity index (χ4v) is 3.07. The summed E-state index contributed by atoms with van der Waals surface area (Å²) in [5.41, 5.74) is 0. The highest BCUT2D eigenvalue weighted by atomic mass is 16.3. The zero-order valence-corrected chi connectivity index (χ0v) is 13.8. The Kier molecular flexibility index (Phi) is 4.36. The normalized spacial score (nSPS) is 19.6. The summed E-state index contributed by atoms with van der Waals surface area (Å²) < 4.78 is 7.51. The van der Waals surface area contributed by atoms with Crippen LogP contribution in [0.3, 0.4) is 0 Å². The third-order valence-electron chi connectivity index (χ3n) is 4.35. The molecule has 3 rings (SSSR count). The predicted octanol–water partition coefficient (Wildman–Crippen LogP) is 2.37. The lowest BCUT2D eigenvalue weighted by atomic mass is 9.97. The second-order valence-electron chi connectivity index (χ2n) is 6.20. The second-order valence-corrected chi connectivity index (χ2v) is 6.20. The van der Waals surface area contributed by atoms with E-state index in [1.54, 1.807) is 6.33 Å². The van der Waals surface area contributed by atoms with Gasteiger partial charge in [-0.2, -0.15) is 0 Å². The number of urea groups is 1. The Morgan fingerprint density at radius 1 is 1.48 bits per heavy atom. The van der Waals surface area contributed by atoms with Crippen molar-refractivity contribution in [2.75, 3.05) is 13.1 Å². The number of hydrogen-bond donors (Lipinski definition) is 1. The number of aryl methyl sites for hydroxylation is 2. The molecule has 2 aromatic heterocycles. The molecule has 0 radical (unpaired) electrons. The molecule has 1 fully saturated rings. The Bertz CT molecular complexity index is 678. The Hall–Kier alpha value is -2.31. The van der Waals surface area contributed by atoms with Crippen molar-refractivity contribution in [2.45, 2.75) is 38.6 Å². The molecule has 124 valence electrons. The van der Waals surface area contributed by atoms with Gasteiger partial charge in [-0.15, -0.1) is 10.2 Å². The smallest absolute Gasteiger partial charge is 0.317 e. The summed E-state index contributed by atoms with van der Waals surface area (Å²) >= 11 is 0. The van der Waals surface area contributed by atoms with Crippen LogP contribution in [0.25, 0.3) is 0 Å². The first-order chi connectivity index (χ1) is 11.0. The van der Waals surface area contributed by atoms with E-state index in [-0.39, 0.29) is 18.0 Å². The van der Waals surface area contributed by atoms with E-state index in [1.807, 2.05) is 42.5 Å². The van der Waals surface area contributed by atoms with Gasteiger partial charge in [0.1, 0.15) is 23.7 Å². The number of amides is 2. The minimum absolute atomic E-state index is 0.0570. The zero-order chi connectivity index (χ0) is 16.4. The lowest BCUT2D eigenvalue weighted by molar-refractivity contribution is 0.173. The second kappa shape index (κ2) is 6.44. The van der Waals surface area contributed by atoms with E-state index in [9.17, 15) is 4.79 Å². The molecule has 1 aliphatic heterocycles. The van der Waals surface area contributed by atoms with Crippen molar-refractivity contribution < 1.29 is 9.21 Å². The molecule has 3 heterocycles. The molecule has 2 aromatic rings. The topological polar surface area (TPSA) is 76.2 Å². The van der Waals surface area contributed by atoms with Crippen LogP contribution >= 0.6 is 0 Å². The maximum atomic E-state index is 12.5. The van der Waals surface area contributed by atoms with E-state index in [0.29, 0.717) is 6.54 Å². The third-order valence-corrected chi connectivity index (χ3v) is 4.35. The van der Waals surface area contributed by atoms with Crippen LogP contribution in [0.4, 0.5) is 4.79 Å². The third kappa shape index (κ3) is 3.38. The summed E-state index contributed by atoms with van der Waals surface area (Å²) in [6, 6.07) is 3.60. The largest absolute Gasteiger partial charge is 0.464 e. The molecule has 1 N–H and O–H groups in total. The molecule has 0 spiro atoms. The van der Waals surface area contributed by atoms with Gasteiger partial charge in [0.05, 0.1) is 6.04 Å². The van der Waals surface area contributed by atoms with Crippen LogP contribution in [0, 0.1) is 6.92 Å². The fraction of sp³-hybridized carbons (Fsp3) is 0.562. The number of nitrogens with zero attached hydrogens (tertiary/aromatic N) is 4. The summed E-state index contributed by atoms with van der Waals surface area (Å²) in [6.07, 6.45) is 3.71. The molecule has 1 saturated heterocycles. The highest BCUT2D eigenvalue weighted by molar-refractivity contribution is 5.74.